The van der Waals surface area contributed by atoms with Gasteiger partial charge < -0.3 is 5.11 Å². The van der Waals surface area contributed by atoms with Gasteiger partial charge in [0.25, 0.3) is 0 Å². The molecule has 0 unspecified atom stereocenters. The Morgan fingerprint density at radius 3 is 2.53 bits per heavy atom. The highest BCUT2D eigenvalue weighted by molar-refractivity contribution is 5.05. The molecule has 1 aliphatic rings. The first-order valence-corrected chi connectivity index (χ1v) is 6.39. The quantitative estimate of drug-likeness (QED) is 0.849. The molecule has 4 heteroatoms. The van der Waals surface area contributed by atoms with Crippen molar-refractivity contribution in [3.8, 4) is 0 Å². The van der Waals surface area contributed by atoms with Gasteiger partial charge in [0.2, 0.25) is 0 Å². The summed E-state index contributed by atoms with van der Waals surface area (Å²) < 4.78 is 2.02. The first-order valence-electron chi connectivity index (χ1n) is 6.39. The third kappa shape index (κ3) is 3.30. The van der Waals surface area contributed by atoms with Crippen molar-refractivity contribution in [1.82, 2.24) is 14.7 Å². The highest BCUT2D eigenvalue weighted by Gasteiger charge is 2.18. The van der Waals surface area contributed by atoms with Crippen LogP contribution in [0.5, 0.6) is 0 Å². The predicted molar refractivity (Wildman–Crippen MR) is 67.7 cm³/mol. The average molecular weight is 237 g/mol. The van der Waals surface area contributed by atoms with Crippen LogP contribution in [0.1, 0.15) is 39.2 Å². The Hall–Kier alpha value is -0.870. The van der Waals surface area contributed by atoms with E-state index in [9.17, 15) is 5.11 Å². The van der Waals surface area contributed by atoms with Crippen LogP contribution in [0.4, 0.5) is 0 Å². The van der Waals surface area contributed by atoms with Gasteiger partial charge in [-0.05, 0) is 33.6 Å². The molecular weight excluding hydrogens is 214 g/mol. The molecule has 0 radical (unpaired) electrons. The fraction of sp³-hybridized carbons (Fsp3) is 0.769. The molecule has 1 aromatic rings. The van der Waals surface area contributed by atoms with Crippen LogP contribution in [0.25, 0.3) is 0 Å². The van der Waals surface area contributed by atoms with E-state index in [4.69, 9.17) is 0 Å². The summed E-state index contributed by atoms with van der Waals surface area (Å²) in [5.41, 5.74) is 1.31. The van der Waals surface area contributed by atoms with Crippen LogP contribution in [0.15, 0.2) is 12.4 Å². The summed E-state index contributed by atoms with van der Waals surface area (Å²) in [5, 5.41) is 13.9. The lowest BCUT2D eigenvalue weighted by Gasteiger charge is -2.29. The molecule has 0 saturated carbocycles. The van der Waals surface area contributed by atoms with Crippen LogP contribution >= 0.6 is 0 Å². The van der Waals surface area contributed by atoms with Crippen molar-refractivity contribution in [2.45, 2.75) is 51.8 Å². The smallest absolute Gasteiger partial charge is 0.0564 e. The van der Waals surface area contributed by atoms with Gasteiger partial charge in [0.1, 0.15) is 0 Å². The minimum Gasteiger partial charge on any atom is -0.393 e. The summed E-state index contributed by atoms with van der Waals surface area (Å²) in [4.78, 5) is 2.39. The molecule has 0 atom stereocenters. The van der Waals surface area contributed by atoms with Crippen molar-refractivity contribution in [2.24, 2.45) is 0 Å². The number of aliphatic hydroxyl groups is 1. The van der Waals surface area contributed by atoms with E-state index in [-0.39, 0.29) is 11.6 Å². The van der Waals surface area contributed by atoms with Crippen molar-refractivity contribution in [3.63, 3.8) is 0 Å². The van der Waals surface area contributed by atoms with E-state index >= 15 is 0 Å². The number of nitrogens with zero attached hydrogens (tertiary/aromatic N) is 3. The molecule has 1 fully saturated rings. The van der Waals surface area contributed by atoms with Crippen LogP contribution in [0.3, 0.4) is 0 Å². The lowest BCUT2D eigenvalue weighted by Crippen LogP contribution is -2.35. The topological polar surface area (TPSA) is 41.3 Å². The molecule has 0 spiro atoms. The minimum absolute atomic E-state index is 0.0519. The Labute approximate surface area is 103 Å². The van der Waals surface area contributed by atoms with Crippen LogP contribution in [0.2, 0.25) is 0 Å². The Kier molecular flexibility index (Phi) is 3.54. The van der Waals surface area contributed by atoms with E-state index in [1.807, 2.05) is 10.9 Å². The van der Waals surface area contributed by atoms with Gasteiger partial charge in [-0.25, -0.2) is 0 Å². The lowest BCUT2D eigenvalue weighted by atomic mass is 10.1. The molecule has 1 aliphatic heterocycles. The molecule has 0 bridgehead atoms. The summed E-state index contributed by atoms with van der Waals surface area (Å²) in [7, 11) is 0. The maximum atomic E-state index is 9.46. The number of aromatic nitrogens is 2. The fourth-order valence-corrected chi connectivity index (χ4v) is 2.14. The summed E-state index contributed by atoms with van der Waals surface area (Å²) >= 11 is 0. The lowest BCUT2D eigenvalue weighted by molar-refractivity contribution is 0.0792. The fourth-order valence-electron chi connectivity index (χ4n) is 2.14. The van der Waals surface area contributed by atoms with Gasteiger partial charge in [-0.1, -0.05) is 0 Å². The van der Waals surface area contributed by atoms with Crippen LogP contribution < -0.4 is 0 Å². The molecule has 2 rings (SSSR count). The van der Waals surface area contributed by atoms with Crippen LogP contribution in [0, 0.1) is 0 Å². The first-order chi connectivity index (χ1) is 7.95. The maximum absolute atomic E-state index is 9.46. The zero-order valence-corrected chi connectivity index (χ0v) is 11.1. The third-order valence-corrected chi connectivity index (χ3v) is 3.29. The molecule has 4 nitrogen and oxygen atoms in total. The van der Waals surface area contributed by atoms with Gasteiger partial charge >= 0.3 is 0 Å². The second-order valence-corrected chi connectivity index (χ2v) is 5.97. The van der Waals surface area contributed by atoms with Crippen LogP contribution in [-0.4, -0.2) is 39.0 Å². The van der Waals surface area contributed by atoms with Crippen molar-refractivity contribution >= 4 is 0 Å². The monoisotopic (exact) mass is 237 g/mol. The molecule has 2 heterocycles. The van der Waals surface area contributed by atoms with Gasteiger partial charge in [-0.2, -0.15) is 5.10 Å². The molecule has 17 heavy (non-hydrogen) atoms. The van der Waals surface area contributed by atoms with E-state index < -0.39 is 0 Å². The molecule has 1 saturated heterocycles. The molecule has 0 amide bonds. The Balaban J connectivity index is 1.93. The van der Waals surface area contributed by atoms with E-state index in [0.717, 1.165) is 32.5 Å². The van der Waals surface area contributed by atoms with Crippen molar-refractivity contribution in [1.29, 1.82) is 0 Å². The first kappa shape index (κ1) is 12.6. The Morgan fingerprint density at radius 1 is 1.35 bits per heavy atom. The van der Waals surface area contributed by atoms with Crippen molar-refractivity contribution in [3.05, 3.63) is 18.0 Å². The number of hydrogen-bond acceptors (Lipinski definition) is 3. The Morgan fingerprint density at radius 2 is 2.00 bits per heavy atom. The van der Waals surface area contributed by atoms with E-state index in [2.05, 4.69) is 37.0 Å². The summed E-state index contributed by atoms with van der Waals surface area (Å²) in [5.74, 6) is 0. The highest BCUT2D eigenvalue weighted by Crippen LogP contribution is 2.16. The zero-order chi connectivity index (χ0) is 12.5. The van der Waals surface area contributed by atoms with Gasteiger partial charge in [0.15, 0.2) is 0 Å². The zero-order valence-electron chi connectivity index (χ0n) is 11.1. The molecule has 96 valence electrons. The second-order valence-electron chi connectivity index (χ2n) is 5.97. The molecule has 1 N–H and O–H groups in total. The minimum atomic E-state index is -0.0939. The number of aliphatic hydroxyl groups excluding tert-OH is 1. The maximum Gasteiger partial charge on any atom is 0.0564 e. The van der Waals surface area contributed by atoms with Gasteiger partial charge in [-0.3, -0.25) is 9.58 Å². The summed E-state index contributed by atoms with van der Waals surface area (Å²) in [6, 6.07) is 0. The average Bonchev–Trinajstić information content (AvgIpc) is 2.69. The number of rotatable bonds is 2. The number of piperidine rings is 1. The summed E-state index contributed by atoms with van der Waals surface area (Å²) in [6.45, 7) is 9.38. The van der Waals surface area contributed by atoms with Crippen molar-refractivity contribution in [2.75, 3.05) is 13.1 Å². The standard InChI is InChI=1S/C13H23N3O/c1-13(2,3)16-10-11(8-14-16)9-15-6-4-12(17)5-7-15/h8,10,12,17H,4-7,9H2,1-3H3. The van der Waals surface area contributed by atoms with Gasteiger partial charge in [0, 0.05) is 31.4 Å². The largest absolute Gasteiger partial charge is 0.393 e. The third-order valence-electron chi connectivity index (χ3n) is 3.29. The Bertz CT molecular complexity index is 359. The molecule has 0 aliphatic carbocycles. The number of likely N-dealkylation sites (tertiary alicyclic amines) is 1. The van der Waals surface area contributed by atoms with Gasteiger partial charge in [0.05, 0.1) is 17.8 Å². The van der Waals surface area contributed by atoms with Gasteiger partial charge in [-0.15, -0.1) is 0 Å². The highest BCUT2D eigenvalue weighted by atomic mass is 16.3. The van der Waals surface area contributed by atoms with Crippen molar-refractivity contribution < 1.29 is 5.11 Å². The number of hydrogen-bond donors (Lipinski definition) is 1. The van der Waals surface area contributed by atoms with Crippen LogP contribution in [-0.2, 0) is 12.1 Å². The molecule has 1 aromatic heterocycles. The molecular formula is C13H23N3O. The summed E-state index contributed by atoms with van der Waals surface area (Å²) in [6.07, 6.45) is 5.78. The van der Waals surface area contributed by atoms with E-state index in [1.165, 1.54) is 5.56 Å². The SMILES string of the molecule is CC(C)(C)n1cc(CN2CCC(O)CC2)cn1. The van der Waals surface area contributed by atoms with E-state index in [0.29, 0.717) is 0 Å². The predicted octanol–water partition coefficient (Wildman–Crippen LogP) is 1.59. The second kappa shape index (κ2) is 4.78. The normalized spacial score (nSPS) is 19.8. The molecule has 0 aromatic carbocycles. The van der Waals surface area contributed by atoms with E-state index in [1.54, 1.807) is 0 Å².